The van der Waals surface area contributed by atoms with E-state index >= 15 is 0 Å². The summed E-state index contributed by atoms with van der Waals surface area (Å²) in [5.41, 5.74) is 4.11. The van der Waals surface area contributed by atoms with Gasteiger partial charge >= 0.3 is 0 Å². The van der Waals surface area contributed by atoms with Crippen molar-refractivity contribution in [1.29, 1.82) is 0 Å². The quantitative estimate of drug-likeness (QED) is 0.301. The van der Waals surface area contributed by atoms with Crippen LogP contribution in [0.5, 0.6) is 5.75 Å². The molecule has 34 heavy (non-hydrogen) atoms. The Hall–Kier alpha value is -3.19. The molecular formula is C27H34N6O. The molecule has 4 aromatic rings. The van der Waals surface area contributed by atoms with E-state index in [0.29, 0.717) is 6.42 Å². The number of nitrogens with zero attached hydrogens (tertiary/aromatic N) is 6. The SMILES string of the molecule is CCCCCn1cc(-c2cccc3nc(Cc4ccc(OCCN5CCCC5)cc4)nn23)cn1. The van der Waals surface area contributed by atoms with Crippen LogP contribution in [0.15, 0.2) is 54.9 Å². The summed E-state index contributed by atoms with van der Waals surface area (Å²) in [5, 5.41) is 9.36. The van der Waals surface area contributed by atoms with Gasteiger partial charge in [0.05, 0.1) is 11.9 Å². The van der Waals surface area contributed by atoms with Gasteiger partial charge in [0.15, 0.2) is 11.5 Å². The molecule has 0 aliphatic carbocycles. The van der Waals surface area contributed by atoms with Gasteiger partial charge in [-0.3, -0.25) is 9.58 Å². The van der Waals surface area contributed by atoms with Crippen molar-refractivity contribution >= 4 is 5.65 Å². The molecule has 0 spiro atoms. The van der Waals surface area contributed by atoms with Crippen LogP contribution in [-0.4, -0.2) is 55.5 Å². The first-order valence-corrected chi connectivity index (χ1v) is 12.6. The van der Waals surface area contributed by atoms with Crippen LogP contribution in [0.3, 0.4) is 0 Å². The third-order valence-electron chi connectivity index (χ3n) is 6.48. The minimum Gasteiger partial charge on any atom is -0.492 e. The van der Waals surface area contributed by atoms with Gasteiger partial charge in [0, 0.05) is 31.3 Å². The van der Waals surface area contributed by atoms with Crippen molar-refractivity contribution in [3.8, 4) is 17.0 Å². The minimum absolute atomic E-state index is 0.686. The summed E-state index contributed by atoms with van der Waals surface area (Å²) in [6.45, 7) is 7.33. The Kier molecular flexibility index (Phi) is 7.19. The number of hydrogen-bond acceptors (Lipinski definition) is 5. The van der Waals surface area contributed by atoms with Gasteiger partial charge in [-0.2, -0.15) is 10.2 Å². The lowest BCUT2D eigenvalue weighted by Gasteiger charge is -2.14. The van der Waals surface area contributed by atoms with Crippen molar-refractivity contribution in [2.45, 2.75) is 52.0 Å². The van der Waals surface area contributed by atoms with Gasteiger partial charge in [-0.1, -0.05) is 38.0 Å². The molecule has 0 radical (unpaired) electrons. The zero-order valence-electron chi connectivity index (χ0n) is 20.1. The van der Waals surface area contributed by atoms with Crippen LogP contribution >= 0.6 is 0 Å². The molecule has 7 nitrogen and oxygen atoms in total. The molecule has 0 N–H and O–H groups in total. The van der Waals surface area contributed by atoms with Crippen molar-refractivity contribution < 1.29 is 4.74 Å². The number of likely N-dealkylation sites (tertiary alicyclic amines) is 1. The van der Waals surface area contributed by atoms with Gasteiger partial charge in [-0.05, 0) is 62.2 Å². The highest BCUT2D eigenvalue weighted by Crippen LogP contribution is 2.21. The lowest BCUT2D eigenvalue weighted by atomic mass is 10.1. The molecule has 1 fully saturated rings. The second-order valence-electron chi connectivity index (χ2n) is 9.13. The van der Waals surface area contributed by atoms with Gasteiger partial charge in [-0.25, -0.2) is 9.50 Å². The van der Waals surface area contributed by atoms with Gasteiger partial charge in [0.1, 0.15) is 12.4 Å². The molecule has 0 unspecified atom stereocenters. The summed E-state index contributed by atoms with van der Waals surface area (Å²) >= 11 is 0. The highest BCUT2D eigenvalue weighted by atomic mass is 16.5. The van der Waals surface area contributed by atoms with Crippen LogP contribution in [0.2, 0.25) is 0 Å². The molecule has 0 saturated carbocycles. The zero-order chi connectivity index (χ0) is 23.2. The highest BCUT2D eigenvalue weighted by Gasteiger charge is 2.12. The summed E-state index contributed by atoms with van der Waals surface area (Å²) in [4.78, 5) is 7.23. The van der Waals surface area contributed by atoms with Gasteiger partial charge in [0.2, 0.25) is 0 Å². The predicted octanol–water partition coefficient (Wildman–Crippen LogP) is 4.85. The molecule has 4 heterocycles. The molecule has 1 aliphatic rings. The van der Waals surface area contributed by atoms with Gasteiger partial charge in [0.25, 0.3) is 0 Å². The molecule has 3 aromatic heterocycles. The summed E-state index contributed by atoms with van der Waals surface area (Å²) in [5.74, 6) is 1.73. The number of aryl methyl sites for hydroxylation is 1. The number of fused-ring (bicyclic) bond motifs is 1. The summed E-state index contributed by atoms with van der Waals surface area (Å²) < 4.78 is 9.89. The van der Waals surface area contributed by atoms with E-state index in [-0.39, 0.29) is 0 Å². The Morgan fingerprint density at radius 3 is 2.65 bits per heavy atom. The first kappa shape index (κ1) is 22.6. The van der Waals surface area contributed by atoms with Crippen LogP contribution in [0.25, 0.3) is 16.9 Å². The van der Waals surface area contributed by atoms with Crippen molar-refractivity contribution in [3.63, 3.8) is 0 Å². The molecule has 1 saturated heterocycles. The summed E-state index contributed by atoms with van der Waals surface area (Å²) in [6, 6.07) is 14.4. The fourth-order valence-electron chi connectivity index (χ4n) is 4.57. The molecule has 178 valence electrons. The van der Waals surface area contributed by atoms with E-state index in [0.717, 1.165) is 54.6 Å². The Labute approximate surface area is 201 Å². The average Bonchev–Trinajstić information content (AvgIpc) is 3.61. The van der Waals surface area contributed by atoms with Crippen molar-refractivity contribution in [3.05, 3.63) is 66.2 Å². The van der Waals surface area contributed by atoms with Crippen molar-refractivity contribution in [2.24, 2.45) is 0 Å². The third-order valence-corrected chi connectivity index (χ3v) is 6.48. The monoisotopic (exact) mass is 458 g/mol. The highest BCUT2D eigenvalue weighted by molar-refractivity contribution is 5.61. The fraction of sp³-hybridized carbons (Fsp3) is 0.444. The van der Waals surface area contributed by atoms with Gasteiger partial charge < -0.3 is 4.74 Å². The van der Waals surface area contributed by atoms with E-state index < -0.39 is 0 Å². The van der Waals surface area contributed by atoms with Crippen LogP contribution in [0, 0.1) is 0 Å². The summed E-state index contributed by atoms with van der Waals surface area (Å²) in [7, 11) is 0. The lowest BCUT2D eigenvalue weighted by molar-refractivity contribution is 0.238. The van der Waals surface area contributed by atoms with E-state index in [2.05, 4.69) is 41.3 Å². The number of benzene rings is 1. The van der Waals surface area contributed by atoms with Crippen molar-refractivity contribution in [2.75, 3.05) is 26.2 Å². The number of aromatic nitrogens is 5. The first-order chi connectivity index (χ1) is 16.8. The van der Waals surface area contributed by atoms with E-state index in [1.807, 2.05) is 39.7 Å². The number of unbranched alkanes of at least 4 members (excludes halogenated alkanes) is 2. The number of ether oxygens (including phenoxy) is 1. The van der Waals surface area contributed by atoms with Crippen LogP contribution < -0.4 is 4.74 Å². The van der Waals surface area contributed by atoms with E-state index in [4.69, 9.17) is 14.8 Å². The van der Waals surface area contributed by atoms with Crippen molar-refractivity contribution in [1.82, 2.24) is 29.3 Å². The largest absolute Gasteiger partial charge is 0.492 e. The third kappa shape index (κ3) is 5.47. The molecule has 0 atom stereocenters. The molecule has 7 heteroatoms. The second-order valence-corrected chi connectivity index (χ2v) is 9.13. The first-order valence-electron chi connectivity index (χ1n) is 12.6. The maximum absolute atomic E-state index is 5.93. The number of hydrogen-bond donors (Lipinski definition) is 0. The minimum atomic E-state index is 0.686. The van der Waals surface area contributed by atoms with Crippen LogP contribution in [-0.2, 0) is 13.0 Å². The van der Waals surface area contributed by atoms with E-state index in [1.54, 1.807) is 0 Å². The van der Waals surface area contributed by atoms with E-state index in [1.165, 1.54) is 44.3 Å². The normalized spacial score (nSPS) is 14.3. The smallest absolute Gasteiger partial charge is 0.156 e. The molecule has 5 rings (SSSR count). The maximum Gasteiger partial charge on any atom is 0.156 e. The second kappa shape index (κ2) is 10.8. The van der Waals surface area contributed by atoms with E-state index in [9.17, 15) is 0 Å². The molecule has 0 amide bonds. The Bertz CT molecular complexity index is 1190. The zero-order valence-corrected chi connectivity index (χ0v) is 20.1. The lowest BCUT2D eigenvalue weighted by Crippen LogP contribution is -2.25. The maximum atomic E-state index is 5.93. The summed E-state index contributed by atoms with van der Waals surface area (Å²) in [6.07, 6.45) is 10.9. The van der Waals surface area contributed by atoms with Crippen LogP contribution in [0.4, 0.5) is 0 Å². The van der Waals surface area contributed by atoms with Gasteiger partial charge in [-0.15, -0.1) is 0 Å². The Balaban J connectivity index is 1.23. The number of pyridine rings is 1. The molecular weight excluding hydrogens is 424 g/mol. The Morgan fingerprint density at radius 2 is 1.82 bits per heavy atom. The molecule has 1 aliphatic heterocycles. The topological polar surface area (TPSA) is 60.5 Å². The standard InChI is InChI=1S/C27H34N6O/c1-2-3-4-16-32-21-23(20-28-32)25-8-7-9-27-29-26(30-33(25)27)19-22-10-12-24(13-11-22)34-18-17-31-14-5-6-15-31/h7-13,20-21H,2-6,14-19H2,1H3. The van der Waals surface area contributed by atoms with Crippen LogP contribution in [0.1, 0.15) is 50.4 Å². The fourth-order valence-corrected chi connectivity index (χ4v) is 4.57. The number of rotatable bonds is 11. The molecule has 1 aromatic carbocycles. The predicted molar refractivity (Wildman–Crippen MR) is 134 cm³/mol. The molecule has 0 bridgehead atoms. The average molecular weight is 459 g/mol. The Morgan fingerprint density at radius 1 is 0.971 bits per heavy atom.